The zero-order valence-electron chi connectivity index (χ0n) is 24.3. The molecule has 1 aromatic heterocycles. The molecule has 3 heterocycles. The minimum absolute atomic E-state index is 0.00110. The van der Waals surface area contributed by atoms with Crippen LogP contribution in [0, 0.1) is 19.3 Å². The maximum absolute atomic E-state index is 13.4. The van der Waals surface area contributed by atoms with Crippen LogP contribution in [0.25, 0.3) is 11.3 Å². The number of ether oxygens (including phenoxy) is 1. The zero-order valence-corrected chi connectivity index (χ0v) is 25.1. The van der Waals surface area contributed by atoms with Crippen LogP contribution in [0.4, 0.5) is 5.95 Å². The number of aromatic nitrogens is 2. The molecule has 1 saturated heterocycles. The van der Waals surface area contributed by atoms with Crippen LogP contribution in [0.1, 0.15) is 56.7 Å². The molecule has 5 rings (SSSR count). The zero-order chi connectivity index (χ0) is 28.5. The van der Waals surface area contributed by atoms with Gasteiger partial charge in [-0.25, -0.2) is 18.1 Å². The van der Waals surface area contributed by atoms with E-state index in [0.717, 1.165) is 61.2 Å². The average Bonchev–Trinajstić information content (AvgIpc) is 2.90. The fraction of sp³-hybridized carbons (Fsp3) is 0.484. The van der Waals surface area contributed by atoms with Gasteiger partial charge in [0.25, 0.3) is 10.0 Å². The van der Waals surface area contributed by atoms with Crippen molar-refractivity contribution < 1.29 is 13.2 Å². The van der Waals surface area contributed by atoms with Crippen molar-refractivity contribution >= 4 is 16.0 Å². The van der Waals surface area contributed by atoms with Crippen molar-refractivity contribution in [2.24, 2.45) is 5.41 Å². The van der Waals surface area contributed by atoms with Crippen LogP contribution in [-0.2, 0) is 16.6 Å². The van der Waals surface area contributed by atoms with Gasteiger partial charge in [0.15, 0.2) is 0 Å². The number of piperidine rings is 1. The first-order chi connectivity index (χ1) is 18.9. The SMILES string of the molecule is Cc1cccc(C)c1-c1cc2nc(n1)NS(=O)(=O)c1cccc(c1)CNC1(CCN(CCC(C)(C)C)CC1)CO2. The molecule has 9 heteroatoms. The van der Waals surface area contributed by atoms with Crippen molar-refractivity contribution in [3.05, 3.63) is 65.2 Å². The van der Waals surface area contributed by atoms with Gasteiger partial charge in [0.1, 0.15) is 6.61 Å². The Bertz CT molecular complexity index is 1450. The van der Waals surface area contributed by atoms with Gasteiger partial charge in [-0.3, -0.25) is 0 Å². The molecule has 2 aromatic carbocycles. The molecule has 0 atom stereocenters. The Morgan fingerprint density at radius 3 is 2.40 bits per heavy atom. The first-order valence-corrected chi connectivity index (χ1v) is 15.6. The normalized spacial score (nSPS) is 19.0. The number of anilines is 1. The monoisotopic (exact) mass is 563 g/mol. The standard InChI is InChI=1S/C31H41N5O3S/c1-22-8-6-9-23(2)28(22)26-19-27-34-29(33-26)35-40(37,38)25-11-7-10-24(18-25)20-32-31(21-39-27)13-16-36(17-14-31)15-12-30(3,4)5/h6-11,18-19,32H,12-17,20-21H2,1-5H3,(H,33,34,35). The Hall–Kier alpha value is -3.01. The quantitative estimate of drug-likeness (QED) is 0.446. The fourth-order valence-corrected chi connectivity index (χ4v) is 6.48. The number of hydrogen-bond donors (Lipinski definition) is 2. The molecule has 1 spiro atoms. The molecule has 2 N–H and O–H groups in total. The summed E-state index contributed by atoms with van der Waals surface area (Å²) < 4.78 is 35.7. The second-order valence-corrected chi connectivity index (χ2v) is 14.2. The highest BCUT2D eigenvalue weighted by Crippen LogP contribution is 2.31. The molecule has 0 aliphatic carbocycles. The largest absolute Gasteiger partial charge is 0.476 e. The van der Waals surface area contributed by atoms with Crippen molar-refractivity contribution in [1.29, 1.82) is 0 Å². The van der Waals surface area contributed by atoms with Gasteiger partial charge in [-0.05, 0) is 73.9 Å². The third kappa shape index (κ3) is 6.65. The summed E-state index contributed by atoms with van der Waals surface area (Å²) in [6.45, 7) is 14.9. The molecule has 3 aromatic rings. The maximum Gasteiger partial charge on any atom is 0.264 e. The molecule has 0 saturated carbocycles. The van der Waals surface area contributed by atoms with Crippen molar-refractivity contribution in [2.45, 2.75) is 70.9 Å². The maximum atomic E-state index is 13.4. The molecule has 1 fully saturated rings. The first kappa shape index (κ1) is 28.5. The molecule has 40 heavy (non-hydrogen) atoms. The second kappa shape index (κ2) is 11.1. The lowest BCUT2D eigenvalue weighted by Gasteiger charge is -2.42. The van der Waals surface area contributed by atoms with Gasteiger partial charge in [-0.15, -0.1) is 0 Å². The summed E-state index contributed by atoms with van der Waals surface area (Å²) in [6, 6.07) is 14.9. The molecule has 214 valence electrons. The predicted octanol–water partition coefficient (Wildman–Crippen LogP) is 5.31. The second-order valence-electron chi connectivity index (χ2n) is 12.5. The summed E-state index contributed by atoms with van der Waals surface area (Å²) >= 11 is 0. The lowest BCUT2D eigenvalue weighted by atomic mass is 9.86. The first-order valence-electron chi connectivity index (χ1n) is 14.1. The Kier molecular flexibility index (Phi) is 7.92. The molecule has 8 nitrogen and oxygen atoms in total. The van der Waals surface area contributed by atoms with Crippen LogP contribution >= 0.6 is 0 Å². The molecular formula is C31H41N5O3S. The summed E-state index contributed by atoms with van der Waals surface area (Å²) in [5.41, 5.74) is 4.61. The van der Waals surface area contributed by atoms with E-state index in [0.29, 0.717) is 30.1 Å². The number of likely N-dealkylation sites (tertiary alicyclic amines) is 1. The average molecular weight is 564 g/mol. The Morgan fingerprint density at radius 1 is 1.00 bits per heavy atom. The Labute approximate surface area is 238 Å². The molecule has 0 unspecified atom stereocenters. The summed E-state index contributed by atoms with van der Waals surface area (Å²) in [4.78, 5) is 11.9. The Balaban J connectivity index is 1.51. The highest BCUT2D eigenvalue weighted by molar-refractivity contribution is 7.92. The number of sulfonamides is 1. The molecule has 0 radical (unpaired) electrons. The Morgan fingerprint density at radius 2 is 1.70 bits per heavy atom. The van der Waals surface area contributed by atoms with Crippen LogP contribution in [0.5, 0.6) is 5.88 Å². The lowest BCUT2D eigenvalue weighted by Crippen LogP contribution is -2.56. The van der Waals surface area contributed by atoms with E-state index in [-0.39, 0.29) is 16.4 Å². The van der Waals surface area contributed by atoms with Crippen molar-refractivity contribution in [2.75, 3.05) is 31.0 Å². The smallest absolute Gasteiger partial charge is 0.264 e. The minimum Gasteiger partial charge on any atom is -0.476 e. The number of fused-ring (bicyclic) bond motifs is 4. The minimum atomic E-state index is -3.90. The van der Waals surface area contributed by atoms with Gasteiger partial charge in [0.2, 0.25) is 11.8 Å². The molecule has 0 amide bonds. The molecular weight excluding hydrogens is 522 g/mol. The van der Waals surface area contributed by atoms with E-state index in [4.69, 9.17) is 4.74 Å². The number of nitrogens with one attached hydrogen (secondary N) is 2. The summed E-state index contributed by atoms with van der Waals surface area (Å²) in [6.07, 6.45) is 3.01. The topological polar surface area (TPSA) is 96.5 Å². The molecule has 2 aliphatic heterocycles. The number of nitrogens with zero attached hydrogens (tertiary/aromatic N) is 3. The van der Waals surface area contributed by atoms with Gasteiger partial charge < -0.3 is 15.0 Å². The van der Waals surface area contributed by atoms with E-state index < -0.39 is 10.0 Å². The lowest BCUT2D eigenvalue weighted by molar-refractivity contribution is 0.0797. The molecule has 4 bridgehead atoms. The summed E-state index contributed by atoms with van der Waals surface area (Å²) in [7, 11) is -3.90. The van der Waals surface area contributed by atoms with E-state index in [1.54, 1.807) is 18.2 Å². The fourth-order valence-electron chi connectivity index (χ4n) is 5.46. The van der Waals surface area contributed by atoms with Gasteiger partial charge in [-0.1, -0.05) is 51.1 Å². The van der Waals surface area contributed by atoms with Crippen LogP contribution in [0.2, 0.25) is 0 Å². The van der Waals surface area contributed by atoms with Gasteiger partial charge >= 0.3 is 0 Å². The number of aryl methyl sites for hydroxylation is 2. The van der Waals surface area contributed by atoms with Gasteiger partial charge in [0.05, 0.1) is 16.1 Å². The highest BCUT2D eigenvalue weighted by atomic mass is 32.2. The van der Waals surface area contributed by atoms with Crippen LogP contribution < -0.4 is 14.8 Å². The summed E-state index contributed by atoms with van der Waals surface area (Å²) in [5, 5.41) is 3.76. The van der Waals surface area contributed by atoms with Gasteiger partial charge in [-0.2, -0.15) is 4.98 Å². The van der Waals surface area contributed by atoms with E-state index in [1.807, 2.05) is 44.2 Å². The number of benzene rings is 2. The van der Waals surface area contributed by atoms with E-state index in [1.165, 1.54) is 0 Å². The summed E-state index contributed by atoms with van der Waals surface area (Å²) in [5.74, 6) is 0.353. The molecule has 2 aliphatic rings. The third-order valence-electron chi connectivity index (χ3n) is 8.03. The van der Waals surface area contributed by atoms with Crippen molar-refractivity contribution in [3.8, 4) is 17.1 Å². The van der Waals surface area contributed by atoms with E-state index in [9.17, 15) is 8.42 Å². The third-order valence-corrected chi connectivity index (χ3v) is 9.36. The predicted molar refractivity (Wildman–Crippen MR) is 159 cm³/mol. The van der Waals surface area contributed by atoms with E-state index in [2.05, 4.69) is 45.7 Å². The van der Waals surface area contributed by atoms with E-state index >= 15 is 0 Å². The number of hydrogen-bond acceptors (Lipinski definition) is 7. The number of rotatable bonds is 3. The van der Waals surface area contributed by atoms with Crippen LogP contribution in [0.3, 0.4) is 0 Å². The van der Waals surface area contributed by atoms with Crippen molar-refractivity contribution in [1.82, 2.24) is 20.2 Å². The van der Waals surface area contributed by atoms with Crippen LogP contribution in [0.15, 0.2) is 53.4 Å². The van der Waals surface area contributed by atoms with Crippen molar-refractivity contribution in [3.63, 3.8) is 0 Å². The highest BCUT2D eigenvalue weighted by Gasteiger charge is 2.36. The van der Waals surface area contributed by atoms with Crippen LogP contribution in [-0.4, -0.2) is 55.1 Å². The van der Waals surface area contributed by atoms with Gasteiger partial charge in [0, 0.05) is 31.3 Å².